The van der Waals surface area contributed by atoms with Crippen molar-refractivity contribution >= 4 is 33.6 Å². The van der Waals surface area contributed by atoms with E-state index in [1.807, 2.05) is 0 Å². The third-order valence-electron chi connectivity index (χ3n) is 2.69. The number of hydrogen-bond acceptors (Lipinski definition) is 3. The van der Waals surface area contributed by atoms with E-state index in [1.54, 1.807) is 12.1 Å². The van der Waals surface area contributed by atoms with Crippen LogP contribution in [0.2, 0.25) is 0 Å². The van der Waals surface area contributed by atoms with Crippen molar-refractivity contribution in [2.24, 2.45) is 0 Å². The van der Waals surface area contributed by atoms with E-state index in [9.17, 15) is 18.0 Å². The fourth-order valence-electron chi connectivity index (χ4n) is 1.67. The van der Waals surface area contributed by atoms with Crippen LogP contribution in [0.1, 0.15) is 11.3 Å². The summed E-state index contributed by atoms with van der Waals surface area (Å²) < 4.78 is 43.4. The number of furan rings is 1. The second-order valence-corrected chi connectivity index (χ2v) is 5.13. The molecule has 23 heavy (non-hydrogen) atoms. The Kier molecular flexibility index (Phi) is 4.91. The molecule has 0 bridgehead atoms. The van der Waals surface area contributed by atoms with Gasteiger partial charge in [0.2, 0.25) is 0 Å². The van der Waals surface area contributed by atoms with Gasteiger partial charge in [0.05, 0.1) is 5.56 Å². The number of amides is 1. The Hall–Kier alpha value is -2.53. The van der Waals surface area contributed by atoms with Crippen LogP contribution in [0.4, 0.5) is 18.9 Å². The lowest BCUT2D eigenvalue weighted by Gasteiger charge is -2.09. The van der Waals surface area contributed by atoms with Gasteiger partial charge in [-0.2, -0.15) is 18.4 Å². The molecule has 1 amide bonds. The van der Waals surface area contributed by atoms with Crippen molar-refractivity contribution in [3.8, 4) is 6.07 Å². The van der Waals surface area contributed by atoms with Gasteiger partial charge < -0.3 is 9.73 Å². The molecule has 0 unspecified atom stereocenters. The lowest BCUT2D eigenvalue weighted by Crippen LogP contribution is -2.14. The molecule has 1 aromatic carbocycles. The Morgan fingerprint density at radius 3 is 2.61 bits per heavy atom. The van der Waals surface area contributed by atoms with Gasteiger partial charge in [-0.25, -0.2) is 0 Å². The van der Waals surface area contributed by atoms with E-state index >= 15 is 0 Å². The Morgan fingerprint density at radius 2 is 2.04 bits per heavy atom. The number of benzene rings is 1. The fraction of sp³-hybridized carbons (Fsp3) is 0.0667. The molecule has 0 fully saturated rings. The number of nitrogens with zero attached hydrogens (tertiary/aromatic N) is 1. The molecule has 2 aromatic rings. The van der Waals surface area contributed by atoms with E-state index in [4.69, 9.17) is 9.68 Å². The van der Waals surface area contributed by atoms with Crippen molar-refractivity contribution in [1.82, 2.24) is 0 Å². The van der Waals surface area contributed by atoms with E-state index in [2.05, 4.69) is 21.2 Å². The molecule has 0 saturated carbocycles. The quantitative estimate of drug-likeness (QED) is 0.620. The highest BCUT2D eigenvalue weighted by Gasteiger charge is 2.30. The molecular weight excluding hydrogens is 377 g/mol. The van der Waals surface area contributed by atoms with Gasteiger partial charge in [-0.3, -0.25) is 4.79 Å². The van der Waals surface area contributed by atoms with Crippen LogP contribution in [0.15, 0.2) is 51.1 Å². The number of anilines is 1. The zero-order chi connectivity index (χ0) is 17.0. The smallest absolute Gasteiger partial charge is 0.416 e. The summed E-state index contributed by atoms with van der Waals surface area (Å²) in [5, 5.41) is 11.3. The van der Waals surface area contributed by atoms with Crippen LogP contribution in [0.3, 0.4) is 0 Å². The number of rotatable bonds is 3. The molecule has 0 aliphatic rings. The highest BCUT2D eigenvalue weighted by molar-refractivity contribution is 9.10. The molecule has 0 spiro atoms. The minimum Gasteiger partial charge on any atom is -0.450 e. The fourth-order valence-corrected chi connectivity index (χ4v) is 1.99. The average Bonchev–Trinajstić information content (AvgIpc) is 2.89. The molecule has 1 heterocycles. The Morgan fingerprint density at radius 1 is 1.30 bits per heavy atom. The molecule has 118 valence electrons. The lowest BCUT2D eigenvalue weighted by atomic mass is 10.1. The summed E-state index contributed by atoms with van der Waals surface area (Å²) in [6.45, 7) is 0. The topological polar surface area (TPSA) is 66.0 Å². The molecule has 2 rings (SSSR count). The second kappa shape index (κ2) is 6.71. The Balaban J connectivity index is 2.21. The minimum absolute atomic E-state index is 0.0633. The number of nitriles is 1. The first-order valence-corrected chi connectivity index (χ1v) is 6.94. The first-order valence-electron chi connectivity index (χ1n) is 6.15. The summed E-state index contributed by atoms with van der Waals surface area (Å²) >= 11 is 3.08. The van der Waals surface area contributed by atoms with Crippen molar-refractivity contribution in [2.45, 2.75) is 6.18 Å². The maximum Gasteiger partial charge on any atom is 0.416 e. The number of carbonyl (C=O) groups is 1. The van der Waals surface area contributed by atoms with Crippen LogP contribution < -0.4 is 5.32 Å². The number of carbonyl (C=O) groups excluding carboxylic acids is 1. The van der Waals surface area contributed by atoms with Crippen molar-refractivity contribution < 1.29 is 22.4 Å². The van der Waals surface area contributed by atoms with Gasteiger partial charge in [-0.05, 0) is 46.3 Å². The SMILES string of the molecule is N#C/C(=C\c1ccc(Br)o1)C(=O)Nc1cccc(C(F)(F)F)c1. The Labute approximate surface area is 137 Å². The monoisotopic (exact) mass is 384 g/mol. The predicted molar refractivity (Wildman–Crippen MR) is 80.1 cm³/mol. The molecule has 4 nitrogen and oxygen atoms in total. The van der Waals surface area contributed by atoms with Crippen LogP contribution in [0, 0.1) is 11.3 Å². The molecule has 0 radical (unpaired) electrons. The summed E-state index contributed by atoms with van der Waals surface area (Å²) in [4.78, 5) is 12.0. The van der Waals surface area contributed by atoms with Gasteiger partial charge in [-0.1, -0.05) is 6.07 Å². The van der Waals surface area contributed by atoms with E-state index in [-0.39, 0.29) is 17.0 Å². The van der Waals surface area contributed by atoms with E-state index in [0.29, 0.717) is 4.67 Å². The summed E-state index contributed by atoms with van der Waals surface area (Å²) in [7, 11) is 0. The van der Waals surface area contributed by atoms with Crippen molar-refractivity contribution in [3.05, 3.63) is 58.0 Å². The molecule has 1 N–H and O–H groups in total. The normalized spacial score (nSPS) is 11.9. The third-order valence-corrected chi connectivity index (χ3v) is 3.12. The standard InChI is InChI=1S/C15H8BrF3N2O2/c16-13-5-4-12(23-13)6-9(8-20)14(22)21-11-3-1-2-10(7-11)15(17,18)19/h1-7H,(H,21,22)/b9-6+. The van der Waals surface area contributed by atoms with Gasteiger partial charge in [-0.15, -0.1) is 0 Å². The summed E-state index contributed by atoms with van der Waals surface area (Å²) in [6, 6.07) is 8.91. The summed E-state index contributed by atoms with van der Waals surface area (Å²) in [5.74, 6) is -0.577. The molecule has 0 atom stereocenters. The first-order chi connectivity index (χ1) is 10.8. The first kappa shape index (κ1) is 16.8. The van der Waals surface area contributed by atoms with Crippen molar-refractivity contribution in [1.29, 1.82) is 5.26 Å². The van der Waals surface area contributed by atoms with E-state index in [1.165, 1.54) is 18.2 Å². The zero-order valence-corrected chi connectivity index (χ0v) is 12.9. The molecule has 8 heteroatoms. The molecule has 0 saturated heterocycles. The predicted octanol–water partition coefficient (Wildman–Crippen LogP) is 4.61. The lowest BCUT2D eigenvalue weighted by molar-refractivity contribution is -0.137. The van der Waals surface area contributed by atoms with Crippen LogP contribution in [-0.2, 0) is 11.0 Å². The minimum atomic E-state index is -4.52. The van der Waals surface area contributed by atoms with Gasteiger partial charge in [0, 0.05) is 11.8 Å². The maximum absolute atomic E-state index is 12.6. The van der Waals surface area contributed by atoms with Crippen LogP contribution in [0.25, 0.3) is 6.08 Å². The zero-order valence-electron chi connectivity index (χ0n) is 11.3. The number of alkyl halides is 3. The molecule has 1 aromatic heterocycles. The number of nitrogens with one attached hydrogen (secondary N) is 1. The van der Waals surface area contributed by atoms with Gasteiger partial charge in [0.25, 0.3) is 5.91 Å². The third kappa shape index (κ3) is 4.47. The van der Waals surface area contributed by atoms with Crippen molar-refractivity contribution in [3.63, 3.8) is 0 Å². The van der Waals surface area contributed by atoms with Crippen LogP contribution >= 0.6 is 15.9 Å². The molecule has 0 aliphatic carbocycles. The highest BCUT2D eigenvalue weighted by atomic mass is 79.9. The van der Waals surface area contributed by atoms with Gasteiger partial charge >= 0.3 is 6.18 Å². The largest absolute Gasteiger partial charge is 0.450 e. The van der Waals surface area contributed by atoms with Crippen LogP contribution in [-0.4, -0.2) is 5.91 Å². The average molecular weight is 385 g/mol. The number of halogens is 4. The van der Waals surface area contributed by atoms with Crippen molar-refractivity contribution in [2.75, 3.05) is 5.32 Å². The Bertz CT molecular complexity index is 804. The van der Waals surface area contributed by atoms with E-state index < -0.39 is 17.6 Å². The van der Waals surface area contributed by atoms with Gasteiger partial charge in [0.1, 0.15) is 17.4 Å². The van der Waals surface area contributed by atoms with E-state index in [0.717, 1.165) is 18.2 Å². The summed E-state index contributed by atoms with van der Waals surface area (Å²) in [5.41, 5.74) is -1.26. The highest BCUT2D eigenvalue weighted by Crippen LogP contribution is 2.30. The van der Waals surface area contributed by atoms with Crippen LogP contribution in [0.5, 0.6) is 0 Å². The molecule has 0 aliphatic heterocycles. The maximum atomic E-state index is 12.6. The number of hydrogen-bond donors (Lipinski definition) is 1. The summed E-state index contributed by atoms with van der Waals surface area (Å²) in [6.07, 6.45) is -3.33. The van der Waals surface area contributed by atoms with Gasteiger partial charge in [0.15, 0.2) is 4.67 Å². The molecular formula is C15H8BrF3N2O2. The second-order valence-electron chi connectivity index (χ2n) is 4.34.